The summed E-state index contributed by atoms with van der Waals surface area (Å²) in [4.78, 5) is 16.3. The number of hydrogen-bond donors (Lipinski definition) is 2. The van der Waals surface area contributed by atoms with Gasteiger partial charge < -0.3 is 10.1 Å². The molecule has 0 aromatic carbocycles. The largest absolute Gasteiger partial charge is 0.383 e. The Balaban J connectivity index is 2.03. The summed E-state index contributed by atoms with van der Waals surface area (Å²) in [5, 5.41) is 6.09. The van der Waals surface area contributed by atoms with Crippen LogP contribution in [0.2, 0.25) is 0 Å². The Bertz CT molecular complexity index is 352. The Morgan fingerprint density at radius 1 is 1.41 bits per heavy atom. The van der Waals surface area contributed by atoms with E-state index in [1.807, 2.05) is 0 Å². The van der Waals surface area contributed by atoms with E-state index < -0.39 is 5.54 Å². The molecule has 0 aromatic rings. The zero-order valence-electron chi connectivity index (χ0n) is 10.8. The predicted octanol–water partition coefficient (Wildman–Crippen LogP) is 0.657. The Kier molecular flexibility index (Phi) is 3.12. The van der Waals surface area contributed by atoms with Crippen molar-refractivity contribution in [3.8, 4) is 0 Å². The maximum atomic E-state index is 12.0. The summed E-state index contributed by atoms with van der Waals surface area (Å²) in [6.45, 7) is 5.55. The van der Waals surface area contributed by atoms with Crippen molar-refractivity contribution >= 4 is 11.9 Å². The fourth-order valence-corrected chi connectivity index (χ4v) is 2.72. The molecule has 5 heteroatoms. The monoisotopic (exact) mass is 239 g/mol. The van der Waals surface area contributed by atoms with Crippen molar-refractivity contribution in [2.45, 2.75) is 38.6 Å². The van der Waals surface area contributed by atoms with E-state index in [0.29, 0.717) is 19.1 Å². The fraction of sp³-hybridized carbons (Fsp3) is 0.833. The predicted molar refractivity (Wildman–Crippen MR) is 65.8 cm³/mol. The van der Waals surface area contributed by atoms with E-state index in [-0.39, 0.29) is 11.3 Å². The van der Waals surface area contributed by atoms with Crippen molar-refractivity contribution < 1.29 is 9.53 Å². The molecule has 1 spiro atoms. The molecule has 2 rings (SSSR count). The number of guanidine groups is 1. The van der Waals surface area contributed by atoms with E-state index in [2.05, 4.69) is 29.5 Å². The Hall–Kier alpha value is -1.10. The highest BCUT2D eigenvalue weighted by Crippen LogP contribution is 2.44. The van der Waals surface area contributed by atoms with Crippen LogP contribution in [0.4, 0.5) is 0 Å². The van der Waals surface area contributed by atoms with Gasteiger partial charge in [0.25, 0.3) is 5.91 Å². The van der Waals surface area contributed by atoms with Crippen molar-refractivity contribution in [2.24, 2.45) is 10.4 Å². The average Bonchev–Trinajstić information content (AvgIpc) is 2.70. The molecule has 1 heterocycles. The topological polar surface area (TPSA) is 62.7 Å². The van der Waals surface area contributed by atoms with Crippen LogP contribution in [-0.4, -0.2) is 37.7 Å². The van der Waals surface area contributed by atoms with Crippen molar-refractivity contribution in [3.63, 3.8) is 0 Å². The van der Waals surface area contributed by atoms with Gasteiger partial charge in [0.1, 0.15) is 5.54 Å². The van der Waals surface area contributed by atoms with Crippen LogP contribution in [0.15, 0.2) is 4.99 Å². The number of ether oxygens (including phenoxy) is 1. The molecule has 1 saturated heterocycles. The van der Waals surface area contributed by atoms with Gasteiger partial charge in [0.2, 0.25) is 0 Å². The van der Waals surface area contributed by atoms with E-state index in [4.69, 9.17) is 4.74 Å². The molecule has 1 unspecified atom stereocenters. The maximum Gasteiger partial charge on any atom is 0.252 e. The first-order chi connectivity index (χ1) is 7.97. The number of methoxy groups -OCH3 is 1. The maximum absolute atomic E-state index is 12.0. The lowest BCUT2D eigenvalue weighted by Gasteiger charge is -2.23. The van der Waals surface area contributed by atoms with Gasteiger partial charge in [-0.25, -0.2) is 0 Å². The molecule has 1 aliphatic heterocycles. The summed E-state index contributed by atoms with van der Waals surface area (Å²) >= 11 is 0. The SMILES string of the molecule is COCCN=C1NC(=O)C2(CCC(C)(C)C2)N1. The van der Waals surface area contributed by atoms with Crippen LogP contribution in [0.1, 0.15) is 33.1 Å². The number of nitrogens with zero attached hydrogens (tertiary/aromatic N) is 1. The molecule has 17 heavy (non-hydrogen) atoms. The number of amides is 1. The highest BCUT2D eigenvalue weighted by atomic mass is 16.5. The third kappa shape index (κ3) is 2.44. The summed E-state index contributed by atoms with van der Waals surface area (Å²) in [5.74, 6) is 0.670. The van der Waals surface area contributed by atoms with Crippen molar-refractivity contribution in [2.75, 3.05) is 20.3 Å². The van der Waals surface area contributed by atoms with Gasteiger partial charge >= 0.3 is 0 Å². The van der Waals surface area contributed by atoms with Gasteiger partial charge in [-0.15, -0.1) is 0 Å². The summed E-state index contributed by atoms with van der Waals surface area (Å²) in [5.41, 5.74) is -0.193. The van der Waals surface area contributed by atoms with Gasteiger partial charge in [0.15, 0.2) is 5.96 Å². The smallest absolute Gasteiger partial charge is 0.252 e. The minimum atomic E-state index is -0.421. The second kappa shape index (κ2) is 4.29. The lowest BCUT2D eigenvalue weighted by atomic mass is 9.88. The highest BCUT2D eigenvalue weighted by molar-refractivity contribution is 6.09. The Labute approximate surface area is 102 Å². The minimum Gasteiger partial charge on any atom is -0.383 e. The van der Waals surface area contributed by atoms with E-state index in [9.17, 15) is 4.79 Å². The second-order valence-corrected chi connectivity index (χ2v) is 5.73. The molecule has 2 aliphatic rings. The minimum absolute atomic E-state index is 0.0687. The highest BCUT2D eigenvalue weighted by Gasteiger charge is 2.52. The first kappa shape index (κ1) is 12.4. The van der Waals surface area contributed by atoms with Crippen molar-refractivity contribution in [3.05, 3.63) is 0 Å². The molecule has 0 aromatic heterocycles. The summed E-state index contributed by atoms with van der Waals surface area (Å²) in [6.07, 6.45) is 2.82. The zero-order valence-corrected chi connectivity index (χ0v) is 10.8. The molecule has 0 radical (unpaired) electrons. The van der Waals surface area contributed by atoms with Crippen LogP contribution in [-0.2, 0) is 9.53 Å². The van der Waals surface area contributed by atoms with E-state index in [1.54, 1.807) is 7.11 Å². The van der Waals surface area contributed by atoms with Crippen LogP contribution >= 0.6 is 0 Å². The molecule has 2 fully saturated rings. The Morgan fingerprint density at radius 2 is 2.18 bits per heavy atom. The lowest BCUT2D eigenvalue weighted by Crippen LogP contribution is -2.45. The number of hydrogen-bond acceptors (Lipinski definition) is 3. The van der Waals surface area contributed by atoms with Gasteiger partial charge in [-0.3, -0.25) is 15.1 Å². The number of carbonyl (C=O) groups is 1. The average molecular weight is 239 g/mol. The van der Waals surface area contributed by atoms with Gasteiger partial charge in [-0.2, -0.15) is 0 Å². The van der Waals surface area contributed by atoms with Crippen LogP contribution in [0, 0.1) is 5.41 Å². The quantitative estimate of drug-likeness (QED) is 0.711. The third-order valence-corrected chi connectivity index (χ3v) is 3.60. The zero-order chi connectivity index (χ0) is 12.5. The lowest BCUT2D eigenvalue weighted by molar-refractivity contribution is -0.124. The molecule has 5 nitrogen and oxygen atoms in total. The second-order valence-electron chi connectivity index (χ2n) is 5.73. The van der Waals surface area contributed by atoms with Gasteiger partial charge in [-0.1, -0.05) is 13.8 Å². The summed E-state index contributed by atoms with van der Waals surface area (Å²) in [7, 11) is 1.64. The molecule has 1 amide bonds. The van der Waals surface area contributed by atoms with E-state index >= 15 is 0 Å². The molecular formula is C12H21N3O2. The first-order valence-corrected chi connectivity index (χ1v) is 6.11. The molecule has 2 N–H and O–H groups in total. The molecular weight excluding hydrogens is 218 g/mol. The normalized spacial score (nSPS) is 33.1. The number of carbonyl (C=O) groups excluding carboxylic acids is 1. The molecule has 0 bridgehead atoms. The van der Waals surface area contributed by atoms with Crippen LogP contribution < -0.4 is 10.6 Å². The molecule has 96 valence electrons. The van der Waals surface area contributed by atoms with Crippen LogP contribution in [0.25, 0.3) is 0 Å². The summed E-state index contributed by atoms with van der Waals surface area (Å²) in [6, 6.07) is 0. The van der Waals surface area contributed by atoms with Crippen molar-refractivity contribution in [1.29, 1.82) is 0 Å². The number of nitrogens with one attached hydrogen (secondary N) is 2. The molecule has 1 aliphatic carbocycles. The van der Waals surface area contributed by atoms with E-state index in [0.717, 1.165) is 19.3 Å². The summed E-state index contributed by atoms with van der Waals surface area (Å²) < 4.78 is 4.93. The number of aliphatic imine (C=N–C) groups is 1. The number of rotatable bonds is 3. The van der Waals surface area contributed by atoms with Gasteiger partial charge in [0.05, 0.1) is 13.2 Å². The van der Waals surface area contributed by atoms with Gasteiger partial charge in [-0.05, 0) is 24.7 Å². The third-order valence-electron chi connectivity index (χ3n) is 3.60. The fourth-order valence-electron chi connectivity index (χ4n) is 2.72. The van der Waals surface area contributed by atoms with Crippen LogP contribution in [0.3, 0.4) is 0 Å². The Morgan fingerprint density at radius 3 is 2.76 bits per heavy atom. The first-order valence-electron chi connectivity index (χ1n) is 6.11. The molecule has 1 saturated carbocycles. The van der Waals surface area contributed by atoms with Crippen molar-refractivity contribution in [1.82, 2.24) is 10.6 Å². The van der Waals surface area contributed by atoms with Gasteiger partial charge in [0, 0.05) is 7.11 Å². The molecule has 1 atom stereocenters. The van der Waals surface area contributed by atoms with E-state index in [1.165, 1.54) is 0 Å². The van der Waals surface area contributed by atoms with Crippen LogP contribution in [0.5, 0.6) is 0 Å². The standard InChI is InChI=1S/C12H21N3O2/c1-11(2)4-5-12(8-11)9(16)14-10(15-12)13-6-7-17-3/h4-8H2,1-3H3,(H2,13,14,15,16).